The van der Waals surface area contributed by atoms with Crippen molar-refractivity contribution in [3.8, 4) is 0 Å². The number of thioether (sulfide) groups is 1. The minimum atomic E-state index is 0.414. The van der Waals surface area contributed by atoms with Gasteiger partial charge in [-0.05, 0) is 31.9 Å². The third kappa shape index (κ3) is 4.32. The lowest BCUT2D eigenvalue weighted by atomic mass is 9.86. The van der Waals surface area contributed by atoms with Crippen molar-refractivity contribution in [3.05, 3.63) is 23.4 Å². The monoisotopic (exact) mass is 336 g/mol. The standard InChI is InChI=1S/C15H24N6OS/c1-3-12-18-15(22-21-12)10-4-6-11(7-5-10)16-8-13-17-14(9-23-2)20-19-13/h10-11,16H,3-9H2,1-2H3,(H,17,19,20). The molecule has 7 nitrogen and oxygen atoms in total. The predicted octanol–water partition coefficient (Wildman–Crippen LogP) is 2.43. The highest BCUT2D eigenvalue weighted by Crippen LogP contribution is 2.32. The van der Waals surface area contributed by atoms with Gasteiger partial charge in [-0.15, -0.1) is 0 Å². The molecule has 0 spiro atoms. The Morgan fingerprint density at radius 3 is 2.74 bits per heavy atom. The van der Waals surface area contributed by atoms with E-state index in [4.69, 9.17) is 4.52 Å². The van der Waals surface area contributed by atoms with E-state index in [-0.39, 0.29) is 0 Å². The van der Waals surface area contributed by atoms with Gasteiger partial charge in [0.25, 0.3) is 0 Å². The van der Waals surface area contributed by atoms with Crippen LogP contribution in [0.5, 0.6) is 0 Å². The van der Waals surface area contributed by atoms with E-state index < -0.39 is 0 Å². The van der Waals surface area contributed by atoms with Crippen molar-refractivity contribution >= 4 is 11.8 Å². The number of nitrogens with one attached hydrogen (secondary N) is 2. The third-order valence-electron chi connectivity index (χ3n) is 4.28. The first kappa shape index (κ1) is 16.4. The van der Waals surface area contributed by atoms with E-state index in [1.54, 1.807) is 11.8 Å². The van der Waals surface area contributed by atoms with Gasteiger partial charge in [0.1, 0.15) is 5.82 Å². The molecule has 0 amide bonds. The van der Waals surface area contributed by atoms with Gasteiger partial charge < -0.3 is 9.84 Å². The number of aromatic amines is 1. The fraction of sp³-hybridized carbons (Fsp3) is 0.733. The minimum Gasteiger partial charge on any atom is -0.339 e. The van der Waals surface area contributed by atoms with Crippen LogP contribution in [0.1, 0.15) is 61.9 Å². The van der Waals surface area contributed by atoms with E-state index in [1.807, 2.05) is 6.92 Å². The van der Waals surface area contributed by atoms with Crippen molar-refractivity contribution in [1.82, 2.24) is 30.6 Å². The summed E-state index contributed by atoms with van der Waals surface area (Å²) in [7, 11) is 0. The zero-order valence-electron chi connectivity index (χ0n) is 13.7. The van der Waals surface area contributed by atoms with Crippen molar-refractivity contribution < 1.29 is 4.52 Å². The second-order valence-electron chi connectivity index (χ2n) is 5.96. The van der Waals surface area contributed by atoms with Crippen LogP contribution in [0.3, 0.4) is 0 Å². The summed E-state index contributed by atoms with van der Waals surface area (Å²) in [6.45, 7) is 2.77. The summed E-state index contributed by atoms with van der Waals surface area (Å²) in [6.07, 6.45) is 7.32. The molecule has 0 radical (unpaired) electrons. The highest BCUT2D eigenvalue weighted by molar-refractivity contribution is 7.97. The average molecular weight is 336 g/mol. The number of nitrogens with zero attached hydrogens (tertiary/aromatic N) is 4. The van der Waals surface area contributed by atoms with Gasteiger partial charge in [-0.25, -0.2) is 4.98 Å². The summed E-state index contributed by atoms with van der Waals surface area (Å²) in [6, 6.07) is 0.516. The predicted molar refractivity (Wildman–Crippen MR) is 89.1 cm³/mol. The maximum Gasteiger partial charge on any atom is 0.229 e. The van der Waals surface area contributed by atoms with E-state index >= 15 is 0 Å². The molecule has 0 unspecified atom stereocenters. The second-order valence-corrected chi connectivity index (χ2v) is 6.83. The highest BCUT2D eigenvalue weighted by atomic mass is 32.2. The van der Waals surface area contributed by atoms with Crippen molar-refractivity contribution in [1.29, 1.82) is 0 Å². The zero-order chi connectivity index (χ0) is 16.1. The first-order chi connectivity index (χ1) is 11.3. The Kier molecular flexibility index (Phi) is 5.66. The molecule has 0 saturated heterocycles. The molecule has 2 aromatic heterocycles. The van der Waals surface area contributed by atoms with Crippen molar-refractivity contribution in [3.63, 3.8) is 0 Å². The maximum atomic E-state index is 5.38. The number of hydrogen-bond acceptors (Lipinski definition) is 7. The molecule has 23 heavy (non-hydrogen) atoms. The summed E-state index contributed by atoms with van der Waals surface area (Å²) in [5.74, 6) is 4.71. The maximum absolute atomic E-state index is 5.38. The van der Waals surface area contributed by atoms with Gasteiger partial charge in [0.15, 0.2) is 11.6 Å². The Morgan fingerprint density at radius 2 is 2.04 bits per heavy atom. The average Bonchev–Trinajstić information content (AvgIpc) is 3.23. The van der Waals surface area contributed by atoms with Crippen LogP contribution >= 0.6 is 11.8 Å². The van der Waals surface area contributed by atoms with Crippen LogP contribution < -0.4 is 5.32 Å². The number of rotatable bonds is 7. The molecule has 0 aromatic carbocycles. The Labute approximate surface area is 140 Å². The van der Waals surface area contributed by atoms with Gasteiger partial charge in [0, 0.05) is 18.4 Å². The lowest BCUT2D eigenvalue weighted by molar-refractivity contribution is 0.280. The molecule has 1 aliphatic rings. The molecule has 3 rings (SSSR count). The summed E-state index contributed by atoms with van der Waals surface area (Å²) in [5.41, 5.74) is 0. The van der Waals surface area contributed by atoms with Crippen molar-refractivity contribution in [2.45, 2.75) is 63.3 Å². The molecule has 126 valence electrons. The van der Waals surface area contributed by atoms with Gasteiger partial charge in [0.05, 0.1) is 12.3 Å². The molecular weight excluding hydrogens is 312 g/mol. The summed E-state index contributed by atoms with van der Waals surface area (Å²) < 4.78 is 5.38. The van der Waals surface area contributed by atoms with Crippen LogP contribution in [0.25, 0.3) is 0 Å². The molecule has 2 aromatic rings. The van der Waals surface area contributed by atoms with E-state index in [0.29, 0.717) is 12.0 Å². The van der Waals surface area contributed by atoms with E-state index in [9.17, 15) is 0 Å². The van der Waals surface area contributed by atoms with Gasteiger partial charge in [-0.2, -0.15) is 21.8 Å². The smallest absolute Gasteiger partial charge is 0.229 e. The topological polar surface area (TPSA) is 92.5 Å². The Morgan fingerprint density at radius 1 is 1.22 bits per heavy atom. The fourth-order valence-corrected chi connectivity index (χ4v) is 3.37. The van der Waals surface area contributed by atoms with Crippen LogP contribution in [-0.2, 0) is 18.7 Å². The third-order valence-corrected chi connectivity index (χ3v) is 4.85. The largest absolute Gasteiger partial charge is 0.339 e. The van der Waals surface area contributed by atoms with Crippen LogP contribution in [0, 0.1) is 0 Å². The normalized spacial score (nSPS) is 21.7. The molecule has 0 aliphatic heterocycles. The first-order valence-electron chi connectivity index (χ1n) is 8.23. The van der Waals surface area contributed by atoms with Crippen molar-refractivity contribution in [2.75, 3.05) is 6.26 Å². The van der Waals surface area contributed by atoms with Crippen LogP contribution in [0.15, 0.2) is 4.52 Å². The number of aryl methyl sites for hydroxylation is 1. The molecule has 1 fully saturated rings. The summed E-state index contributed by atoms with van der Waals surface area (Å²) >= 11 is 1.74. The quantitative estimate of drug-likeness (QED) is 0.802. The molecule has 1 aliphatic carbocycles. The number of aromatic nitrogens is 5. The second kappa shape index (κ2) is 7.92. The molecular formula is C15H24N6OS. The summed E-state index contributed by atoms with van der Waals surface area (Å²) in [4.78, 5) is 8.94. The molecule has 2 N–H and O–H groups in total. The Balaban J connectivity index is 1.43. The number of H-pyrrole nitrogens is 1. The van der Waals surface area contributed by atoms with Crippen LogP contribution in [0.4, 0.5) is 0 Å². The van der Waals surface area contributed by atoms with Gasteiger partial charge in [-0.1, -0.05) is 12.1 Å². The lowest BCUT2D eigenvalue weighted by Crippen LogP contribution is -2.32. The molecule has 0 bridgehead atoms. The Hall–Kier alpha value is -1.41. The Bertz CT molecular complexity index is 605. The van der Waals surface area contributed by atoms with Crippen LogP contribution in [0.2, 0.25) is 0 Å². The van der Waals surface area contributed by atoms with Gasteiger partial charge in [0.2, 0.25) is 5.89 Å². The zero-order valence-corrected chi connectivity index (χ0v) is 14.5. The summed E-state index contributed by atoms with van der Waals surface area (Å²) in [5, 5.41) is 14.8. The van der Waals surface area contributed by atoms with E-state index in [1.165, 1.54) is 0 Å². The SMILES string of the molecule is CCc1noc(C2CCC(NCc3n[nH]c(CSC)n3)CC2)n1. The van der Waals surface area contributed by atoms with E-state index in [2.05, 4.69) is 36.9 Å². The first-order valence-corrected chi connectivity index (χ1v) is 9.62. The molecule has 8 heteroatoms. The van der Waals surface area contributed by atoms with Crippen LogP contribution in [-0.4, -0.2) is 37.6 Å². The molecule has 2 heterocycles. The molecule has 1 saturated carbocycles. The number of hydrogen-bond donors (Lipinski definition) is 2. The fourth-order valence-electron chi connectivity index (χ4n) is 2.97. The van der Waals surface area contributed by atoms with Gasteiger partial charge in [-0.3, -0.25) is 5.10 Å². The van der Waals surface area contributed by atoms with E-state index in [0.717, 1.165) is 67.8 Å². The van der Waals surface area contributed by atoms with Crippen molar-refractivity contribution in [2.24, 2.45) is 0 Å². The van der Waals surface area contributed by atoms with Gasteiger partial charge >= 0.3 is 0 Å². The molecule has 0 atom stereocenters. The minimum absolute atomic E-state index is 0.414. The lowest BCUT2D eigenvalue weighted by Gasteiger charge is -2.26. The highest BCUT2D eigenvalue weighted by Gasteiger charge is 2.26.